The van der Waals surface area contributed by atoms with Gasteiger partial charge in [-0.05, 0) is 57.5 Å². The van der Waals surface area contributed by atoms with Crippen LogP contribution in [-0.2, 0) is 13.1 Å². The van der Waals surface area contributed by atoms with Crippen molar-refractivity contribution in [1.82, 2.24) is 24.5 Å². The number of fused-ring (bicyclic) bond motifs is 1. The van der Waals surface area contributed by atoms with Crippen molar-refractivity contribution < 1.29 is 4.79 Å². The molecule has 1 amide bonds. The third-order valence-electron chi connectivity index (χ3n) is 6.46. The number of aromatic nitrogens is 5. The minimum Gasteiger partial charge on any atom is -0.319 e. The highest BCUT2D eigenvalue weighted by Gasteiger charge is 2.20. The van der Waals surface area contributed by atoms with Gasteiger partial charge in [-0.15, -0.1) is 0 Å². The van der Waals surface area contributed by atoms with Gasteiger partial charge in [-0.2, -0.15) is 10.2 Å². The predicted octanol–water partition coefficient (Wildman–Crippen LogP) is 6.85. The van der Waals surface area contributed by atoms with Gasteiger partial charge in [-0.3, -0.25) is 14.2 Å². The summed E-state index contributed by atoms with van der Waals surface area (Å²) in [6, 6.07) is 14.9. The van der Waals surface area contributed by atoms with Gasteiger partial charge in [-0.1, -0.05) is 47.5 Å². The Morgan fingerprint density at radius 2 is 1.78 bits per heavy atom. The molecular formula is C28H26Cl2N6O. The van der Waals surface area contributed by atoms with E-state index in [4.69, 9.17) is 28.2 Å². The number of aryl methyl sites for hydroxylation is 3. The van der Waals surface area contributed by atoms with E-state index in [-0.39, 0.29) is 5.91 Å². The Balaban J connectivity index is 1.51. The number of nitrogens with one attached hydrogen (secondary N) is 1. The van der Waals surface area contributed by atoms with Crippen molar-refractivity contribution in [2.24, 2.45) is 0 Å². The molecule has 5 aromatic rings. The van der Waals surface area contributed by atoms with Crippen molar-refractivity contribution >= 4 is 45.7 Å². The first-order valence-electron chi connectivity index (χ1n) is 12.0. The fourth-order valence-electron chi connectivity index (χ4n) is 4.46. The number of para-hydroxylation sites is 1. The summed E-state index contributed by atoms with van der Waals surface area (Å²) < 4.78 is 3.70. The molecule has 2 aromatic carbocycles. The van der Waals surface area contributed by atoms with Gasteiger partial charge >= 0.3 is 0 Å². The maximum absolute atomic E-state index is 13.7. The first-order chi connectivity index (χ1) is 17.7. The van der Waals surface area contributed by atoms with E-state index in [2.05, 4.69) is 15.5 Å². The van der Waals surface area contributed by atoms with Crippen LogP contribution in [0.1, 0.15) is 39.9 Å². The monoisotopic (exact) mass is 532 g/mol. The lowest BCUT2D eigenvalue weighted by atomic mass is 10.0. The minimum atomic E-state index is -0.226. The minimum absolute atomic E-state index is 0.226. The normalized spacial score (nSPS) is 11.3. The first-order valence-corrected chi connectivity index (χ1v) is 12.7. The summed E-state index contributed by atoms with van der Waals surface area (Å²) in [5.74, 6) is -0.226. The summed E-state index contributed by atoms with van der Waals surface area (Å²) in [4.78, 5) is 18.5. The summed E-state index contributed by atoms with van der Waals surface area (Å²) in [6.07, 6.45) is 1.97. The molecule has 3 aromatic heterocycles. The number of amides is 1. The number of hydrogen-bond acceptors (Lipinski definition) is 4. The summed E-state index contributed by atoms with van der Waals surface area (Å²) in [7, 11) is 0. The van der Waals surface area contributed by atoms with Crippen LogP contribution in [0, 0.1) is 20.8 Å². The second-order valence-corrected chi connectivity index (χ2v) is 9.79. The molecule has 5 rings (SSSR count). The molecule has 3 heterocycles. The Morgan fingerprint density at radius 3 is 2.51 bits per heavy atom. The van der Waals surface area contributed by atoms with E-state index in [1.165, 1.54) is 0 Å². The van der Waals surface area contributed by atoms with Crippen LogP contribution in [0.3, 0.4) is 0 Å². The van der Waals surface area contributed by atoms with Crippen molar-refractivity contribution in [1.29, 1.82) is 0 Å². The highest BCUT2D eigenvalue weighted by molar-refractivity contribution is 6.35. The van der Waals surface area contributed by atoms with Gasteiger partial charge in [-0.25, -0.2) is 4.98 Å². The van der Waals surface area contributed by atoms with Crippen molar-refractivity contribution in [2.45, 2.75) is 40.8 Å². The van der Waals surface area contributed by atoms with E-state index in [1.807, 2.05) is 79.7 Å². The van der Waals surface area contributed by atoms with Crippen LogP contribution in [0.5, 0.6) is 0 Å². The van der Waals surface area contributed by atoms with Crippen LogP contribution in [0.25, 0.3) is 22.2 Å². The quantitative estimate of drug-likeness (QED) is 0.259. The summed E-state index contributed by atoms with van der Waals surface area (Å²) in [5.41, 5.74) is 6.88. The van der Waals surface area contributed by atoms with E-state index < -0.39 is 0 Å². The molecule has 0 radical (unpaired) electrons. The van der Waals surface area contributed by atoms with Crippen LogP contribution < -0.4 is 5.32 Å². The smallest absolute Gasteiger partial charge is 0.256 e. The van der Waals surface area contributed by atoms with E-state index in [0.29, 0.717) is 33.5 Å². The van der Waals surface area contributed by atoms with E-state index in [1.54, 1.807) is 12.1 Å². The zero-order valence-corrected chi connectivity index (χ0v) is 22.5. The Kier molecular flexibility index (Phi) is 6.75. The molecule has 1 N–H and O–H groups in total. The third-order valence-corrected chi connectivity index (χ3v) is 7.05. The lowest BCUT2D eigenvalue weighted by molar-refractivity contribution is 0.102. The number of benzene rings is 2. The zero-order chi connectivity index (χ0) is 26.3. The predicted molar refractivity (Wildman–Crippen MR) is 149 cm³/mol. The zero-order valence-electron chi connectivity index (χ0n) is 21.0. The van der Waals surface area contributed by atoms with Gasteiger partial charge in [0.25, 0.3) is 5.91 Å². The summed E-state index contributed by atoms with van der Waals surface area (Å²) in [6.45, 7) is 9.01. The number of halogens is 2. The largest absolute Gasteiger partial charge is 0.319 e. The summed E-state index contributed by atoms with van der Waals surface area (Å²) >= 11 is 12.4. The van der Waals surface area contributed by atoms with E-state index in [9.17, 15) is 4.79 Å². The molecule has 0 bridgehead atoms. The second-order valence-electron chi connectivity index (χ2n) is 8.95. The average Bonchev–Trinajstić information content (AvgIpc) is 3.39. The standard InChI is InChI=1S/C28H26Cl2N6O/c1-5-35-15-23(16(2)33-35)26-13-22(21-8-6-7-9-25(21)31-26)28(37)32-27-17(3)34-36(18(27)4)14-19-10-11-20(29)12-24(19)30/h6-13,15H,5,14H2,1-4H3,(H,32,37). The number of carbonyl (C=O) groups excluding carboxylic acids is 1. The third kappa shape index (κ3) is 4.84. The van der Waals surface area contributed by atoms with E-state index >= 15 is 0 Å². The van der Waals surface area contributed by atoms with Crippen LogP contribution >= 0.6 is 23.2 Å². The van der Waals surface area contributed by atoms with Crippen molar-refractivity contribution in [3.63, 3.8) is 0 Å². The second kappa shape index (κ2) is 10.00. The van der Waals surface area contributed by atoms with E-state index in [0.717, 1.165) is 45.7 Å². The van der Waals surface area contributed by atoms with Gasteiger partial charge < -0.3 is 5.32 Å². The van der Waals surface area contributed by atoms with Gasteiger partial charge in [0.2, 0.25) is 0 Å². The van der Waals surface area contributed by atoms with Gasteiger partial charge in [0.05, 0.1) is 46.1 Å². The Morgan fingerprint density at radius 1 is 1.00 bits per heavy atom. The maximum Gasteiger partial charge on any atom is 0.256 e. The number of pyridine rings is 1. The lowest BCUT2D eigenvalue weighted by Crippen LogP contribution is -2.14. The Labute approximate surface area is 225 Å². The van der Waals surface area contributed by atoms with Gasteiger partial charge in [0.15, 0.2) is 0 Å². The number of anilines is 1. The fraction of sp³-hybridized carbons (Fsp3) is 0.214. The lowest BCUT2D eigenvalue weighted by Gasteiger charge is -2.11. The Hall–Kier alpha value is -3.68. The average molecular weight is 533 g/mol. The molecule has 0 spiro atoms. The molecule has 188 valence electrons. The molecule has 7 nitrogen and oxygen atoms in total. The number of hydrogen-bond donors (Lipinski definition) is 1. The molecule has 0 fully saturated rings. The van der Waals surface area contributed by atoms with Crippen LogP contribution in [0.15, 0.2) is 54.7 Å². The maximum atomic E-state index is 13.7. The molecule has 0 aliphatic carbocycles. The number of nitrogens with zero attached hydrogens (tertiary/aromatic N) is 5. The van der Waals surface area contributed by atoms with Crippen molar-refractivity contribution in [3.8, 4) is 11.3 Å². The molecule has 37 heavy (non-hydrogen) atoms. The molecule has 0 saturated heterocycles. The molecule has 0 aliphatic rings. The molecule has 0 saturated carbocycles. The van der Waals surface area contributed by atoms with Crippen LogP contribution in [0.2, 0.25) is 10.0 Å². The number of rotatable bonds is 6. The number of carbonyl (C=O) groups is 1. The molecule has 0 aliphatic heterocycles. The van der Waals surface area contributed by atoms with Crippen molar-refractivity contribution in [2.75, 3.05) is 5.32 Å². The molecule has 0 atom stereocenters. The topological polar surface area (TPSA) is 77.6 Å². The molecular weight excluding hydrogens is 507 g/mol. The van der Waals surface area contributed by atoms with Crippen LogP contribution in [0.4, 0.5) is 5.69 Å². The molecule has 9 heteroatoms. The van der Waals surface area contributed by atoms with Gasteiger partial charge in [0, 0.05) is 33.7 Å². The summed E-state index contributed by atoms with van der Waals surface area (Å²) in [5, 5.41) is 14.2. The first kappa shape index (κ1) is 25.0. The fourth-order valence-corrected chi connectivity index (χ4v) is 4.92. The van der Waals surface area contributed by atoms with Crippen LogP contribution in [-0.4, -0.2) is 30.5 Å². The SMILES string of the molecule is CCn1cc(-c2cc(C(=O)Nc3c(C)nn(Cc4ccc(Cl)cc4Cl)c3C)c3ccccc3n2)c(C)n1. The van der Waals surface area contributed by atoms with Gasteiger partial charge in [0.1, 0.15) is 0 Å². The molecule has 0 unspecified atom stereocenters. The highest BCUT2D eigenvalue weighted by atomic mass is 35.5. The Bertz CT molecular complexity index is 1650. The van der Waals surface area contributed by atoms with Crippen molar-refractivity contribution in [3.05, 3.63) is 93.0 Å². The highest BCUT2D eigenvalue weighted by Crippen LogP contribution is 2.29.